The molecule has 0 fully saturated rings. The van der Waals surface area contributed by atoms with Crippen molar-refractivity contribution in [3.63, 3.8) is 0 Å². The number of amides is 1. The number of nitrogens with zero attached hydrogens (tertiary/aromatic N) is 3. The first-order valence-corrected chi connectivity index (χ1v) is 6.49. The minimum Gasteiger partial charge on any atom is -0.393 e. The second-order valence-electron chi connectivity index (χ2n) is 4.55. The van der Waals surface area contributed by atoms with Gasteiger partial charge in [0, 0.05) is 20.1 Å². The van der Waals surface area contributed by atoms with Crippen LogP contribution in [0.2, 0.25) is 0 Å². The van der Waals surface area contributed by atoms with Gasteiger partial charge in [0.2, 0.25) is 0 Å². The van der Waals surface area contributed by atoms with Gasteiger partial charge in [-0.05, 0) is 32.8 Å². The first-order valence-electron chi connectivity index (χ1n) is 6.49. The van der Waals surface area contributed by atoms with Gasteiger partial charge in [-0.25, -0.2) is 0 Å². The molecule has 0 aliphatic rings. The molecule has 5 nitrogen and oxygen atoms in total. The normalized spacial score (nSPS) is 12.5. The molecule has 1 atom stereocenters. The van der Waals surface area contributed by atoms with E-state index in [2.05, 4.69) is 5.10 Å². The zero-order valence-electron chi connectivity index (χ0n) is 11.7. The van der Waals surface area contributed by atoms with Crippen molar-refractivity contribution < 1.29 is 9.90 Å². The minimum atomic E-state index is -0.387. The molecule has 102 valence electrons. The molecule has 0 aliphatic carbocycles. The Balaban J connectivity index is 2.79. The Bertz CT molecular complexity index is 399. The van der Waals surface area contributed by atoms with E-state index in [-0.39, 0.29) is 12.0 Å². The molecule has 1 unspecified atom stereocenters. The lowest BCUT2D eigenvalue weighted by atomic mass is 10.2. The summed E-state index contributed by atoms with van der Waals surface area (Å²) >= 11 is 0. The average molecular weight is 253 g/mol. The fourth-order valence-corrected chi connectivity index (χ4v) is 1.73. The van der Waals surface area contributed by atoms with Crippen LogP contribution in [0.15, 0.2) is 6.07 Å². The number of carbonyl (C=O) groups is 1. The number of hydrogen-bond acceptors (Lipinski definition) is 3. The van der Waals surface area contributed by atoms with Gasteiger partial charge in [-0.2, -0.15) is 5.10 Å². The van der Waals surface area contributed by atoms with E-state index in [0.717, 1.165) is 12.1 Å². The van der Waals surface area contributed by atoms with Crippen LogP contribution in [-0.4, -0.2) is 45.4 Å². The van der Waals surface area contributed by atoms with Crippen LogP contribution in [0.3, 0.4) is 0 Å². The molecule has 0 saturated carbocycles. The molecule has 0 bridgehead atoms. The van der Waals surface area contributed by atoms with Crippen LogP contribution in [-0.2, 0) is 13.0 Å². The Labute approximate surface area is 108 Å². The molecule has 0 aliphatic heterocycles. The molecule has 1 N–H and O–H groups in total. The zero-order chi connectivity index (χ0) is 13.7. The van der Waals surface area contributed by atoms with E-state index >= 15 is 0 Å². The van der Waals surface area contributed by atoms with Crippen molar-refractivity contribution in [1.82, 2.24) is 14.7 Å². The molecule has 1 rings (SSSR count). The van der Waals surface area contributed by atoms with E-state index in [1.807, 2.05) is 19.9 Å². The standard InChI is InChI=1S/C13H23N3O2/c1-5-11-9-12(16(6-2)14-11)13(18)15(4)8-7-10(3)17/h9-10,17H,5-8H2,1-4H3. The van der Waals surface area contributed by atoms with Crippen molar-refractivity contribution >= 4 is 5.91 Å². The molecule has 5 heteroatoms. The molecule has 1 amide bonds. The topological polar surface area (TPSA) is 58.4 Å². The van der Waals surface area contributed by atoms with Gasteiger partial charge in [0.1, 0.15) is 5.69 Å². The summed E-state index contributed by atoms with van der Waals surface area (Å²) in [5, 5.41) is 13.6. The maximum absolute atomic E-state index is 12.2. The fourth-order valence-electron chi connectivity index (χ4n) is 1.73. The van der Waals surface area contributed by atoms with Crippen LogP contribution in [0.4, 0.5) is 0 Å². The highest BCUT2D eigenvalue weighted by molar-refractivity contribution is 5.92. The molecule has 18 heavy (non-hydrogen) atoms. The first-order chi connectivity index (χ1) is 8.49. The molecule has 0 spiro atoms. The van der Waals surface area contributed by atoms with Gasteiger partial charge >= 0.3 is 0 Å². The summed E-state index contributed by atoms with van der Waals surface area (Å²) in [7, 11) is 1.75. The lowest BCUT2D eigenvalue weighted by molar-refractivity contribution is 0.0757. The third-order valence-corrected chi connectivity index (χ3v) is 2.94. The average Bonchev–Trinajstić information content (AvgIpc) is 2.78. The second kappa shape index (κ2) is 6.54. The predicted molar refractivity (Wildman–Crippen MR) is 70.5 cm³/mol. The molecule has 0 radical (unpaired) electrons. The van der Waals surface area contributed by atoms with Crippen molar-refractivity contribution in [3.05, 3.63) is 17.5 Å². The van der Waals surface area contributed by atoms with E-state index in [9.17, 15) is 9.90 Å². The van der Waals surface area contributed by atoms with E-state index < -0.39 is 0 Å². The molecular formula is C13H23N3O2. The molecule has 0 saturated heterocycles. The Morgan fingerprint density at radius 1 is 1.56 bits per heavy atom. The summed E-state index contributed by atoms with van der Waals surface area (Å²) in [5.41, 5.74) is 1.56. The van der Waals surface area contributed by atoms with Gasteiger partial charge in [0.15, 0.2) is 0 Å². The second-order valence-corrected chi connectivity index (χ2v) is 4.55. The highest BCUT2D eigenvalue weighted by atomic mass is 16.3. The van der Waals surface area contributed by atoms with E-state index in [4.69, 9.17) is 0 Å². The molecular weight excluding hydrogens is 230 g/mol. The first kappa shape index (κ1) is 14.7. The lowest BCUT2D eigenvalue weighted by Crippen LogP contribution is -2.31. The Kier molecular flexibility index (Phi) is 5.34. The van der Waals surface area contributed by atoms with Gasteiger partial charge < -0.3 is 10.0 Å². The predicted octanol–water partition coefficient (Wildman–Crippen LogP) is 1.31. The van der Waals surface area contributed by atoms with Gasteiger partial charge in [0.05, 0.1) is 11.8 Å². The van der Waals surface area contributed by atoms with Gasteiger partial charge in [0.25, 0.3) is 5.91 Å². The minimum absolute atomic E-state index is 0.0373. The Morgan fingerprint density at radius 3 is 2.72 bits per heavy atom. The van der Waals surface area contributed by atoms with E-state index in [1.54, 1.807) is 23.6 Å². The Hall–Kier alpha value is -1.36. The van der Waals surface area contributed by atoms with Crippen LogP contribution in [0.5, 0.6) is 0 Å². The van der Waals surface area contributed by atoms with Crippen LogP contribution in [0.25, 0.3) is 0 Å². The smallest absolute Gasteiger partial charge is 0.271 e. The molecule has 1 aromatic rings. The van der Waals surface area contributed by atoms with E-state index in [1.165, 1.54) is 0 Å². The van der Waals surface area contributed by atoms with Crippen molar-refractivity contribution in [1.29, 1.82) is 0 Å². The summed E-state index contributed by atoms with van der Waals surface area (Å²) in [5.74, 6) is -0.0373. The number of hydrogen-bond donors (Lipinski definition) is 1. The summed E-state index contributed by atoms with van der Waals surface area (Å²) in [6.07, 6.45) is 1.02. The van der Waals surface area contributed by atoms with Crippen LogP contribution in [0, 0.1) is 0 Å². The SMILES string of the molecule is CCc1cc(C(=O)N(C)CCC(C)O)n(CC)n1. The summed E-state index contributed by atoms with van der Waals surface area (Å²) in [6, 6.07) is 1.85. The van der Waals surface area contributed by atoms with Crippen LogP contribution >= 0.6 is 0 Å². The summed E-state index contributed by atoms with van der Waals surface area (Å²) in [6.45, 7) is 6.95. The van der Waals surface area contributed by atoms with Crippen LogP contribution < -0.4 is 0 Å². The largest absolute Gasteiger partial charge is 0.393 e. The fraction of sp³-hybridized carbons (Fsp3) is 0.692. The number of aliphatic hydroxyl groups excluding tert-OH is 1. The molecule has 0 aromatic carbocycles. The summed E-state index contributed by atoms with van der Waals surface area (Å²) in [4.78, 5) is 13.9. The maximum Gasteiger partial charge on any atom is 0.271 e. The summed E-state index contributed by atoms with van der Waals surface area (Å²) < 4.78 is 1.74. The van der Waals surface area contributed by atoms with Crippen LogP contribution in [0.1, 0.15) is 43.4 Å². The van der Waals surface area contributed by atoms with E-state index in [0.29, 0.717) is 25.2 Å². The Morgan fingerprint density at radius 2 is 2.22 bits per heavy atom. The third-order valence-electron chi connectivity index (χ3n) is 2.94. The maximum atomic E-state index is 12.2. The van der Waals surface area contributed by atoms with Gasteiger partial charge in [-0.15, -0.1) is 0 Å². The highest BCUT2D eigenvalue weighted by Gasteiger charge is 2.18. The highest BCUT2D eigenvalue weighted by Crippen LogP contribution is 2.09. The number of aliphatic hydroxyl groups is 1. The lowest BCUT2D eigenvalue weighted by Gasteiger charge is -2.18. The van der Waals surface area contributed by atoms with Gasteiger partial charge in [-0.3, -0.25) is 9.48 Å². The van der Waals surface area contributed by atoms with Crippen molar-refractivity contribution in [2.45, 2.75) is 46.3 Å². The number of aryl methyl sites for hydroxylation is 2. The number of carbonyl (C=O) groups excluding carboxylic acids is 1. The quantitative estimate of drug-likeness (QED) is 0.831. The number of rotatable bonds is 6. The molecule has 1 aromatic heterocycles. The van der Waals surface area contributed by atoms with Crippen molar-refractivity contribution in [3.8, 4) is 0 Å². The molecule has 1 heterocycles. The third kappa shape index (κ3) is 3.57. The van der Waals surface area contributed by atoms with Gasteiger partial charge in [-0.1, -0.05) is 6.92 Å². The van der Waals surface area contributed by atoms with Crippen molar-refractivity contribution in [2.24, 2.45) is 0 Å². The van der Waals surface area contributed by atoms with Crippen molar-refractivity contribution in [2.75, 3.05) is 13.6 Å². The monoisotopic (exact) mass is 253 g/mol. The number of aromatic nitrogens is 2. The zero-order valence-corrected chi connectivity index (χ0v) is 11.7.